The van der Waals surface area contributed by atoms with Gasteiger partial charge >= 0.3 is 0 Å². The lowest BCUT2D eigenvalue weighted by Crippen LogP contribution is -2.43. The highest BCUT2D eigenvalue weighted by molar-refractivity contribution is 9.10. The van der Waals surface area contributed by atoms with Gasteiger partial charge < -0.3 is 19.5 Å². The number of hydrogen-bond acceptors (Lipinski definition) is 5. The Kier molecular flexibility index (Phi) is 6.58. The van der Waals surface area contributed by atoms with Crippen molar-refractivity contribution in [1.29, 1.82) is 0 Å². The van der Waals surface area contributed by atoms with E-state index in [9.17, 15) is 4.79 Å². The van der Waals surface area contributed by atoms with Crippen molar-refractivity contribution in [2.45, 2.75) is 12.6 Å². The third-order valence-corrected chi connectivity index (χ3v) is 4.68. The normalized spacial score (nSPS) is 15.5. The molecule has 1 unspecified atom stereocenters. The van der Waals surface area contributed by atoms with Crippen LogP contribution in [0.2, 0.25) is 0 Å². The number of nitrogens with zero attached hydrogens (tertiary/aromatic N) is 1. The molecule has 144 valence electrons. The number of carbonyl (C=O) groups is 1. The van der Waals surface area contributed by atoms with E-state index in [0.717, 1.165) is 21.5 Å². The topological polar surface area (TPSA) is 60.0 Å². The Bertz CT molecular complexity index is 799. The number of benzene rings is 2. The lowest BCUT2D eigenvalue weighted by molar-refractivity contribution is -0.122. The molecule has 1 amide bonds. The third kappa shape index (κ3) is 5.37. The summed E-state index contributed by atoms with van der Waals surface area (Å²) in [6.07, 6.45) is -0.195. The molecule has 27 heavy (non-hydrogen) atoms. The highest BCUT2D eigenvalue weighted by Gasteiger charge is 2.21. The first-order valence-corrected chi connectivity index (χ1v) is 9.50. The summed E-state index contributed by atoms with van der Waals surface area (Å²) in [5.74, 6) is 2.19. The summed E-state index contributed by atoms with van der Waals surface area (Å²) in [4.78, 5) is 14.2. The van der Waals surface area contributed by atoms with Gasteiger partial charge in [0.25, 0.3) is 0 Å². The van der Waals surface area contributed by atoms with Crippen LogP contribution in [0.1, 0.15) is 5.56 Å². The molecule has 1 atom stereocenters. The zero-order chi connectivity index (χ0) is 19.2. The highest BCUT2D eigenvalue weighted by Crippen LogP contribution is 2.30. The summed E-state index contributed by atoms with van der Waals surface area (Å²) in [6.45, 7) is 1.70. The molecule has 1 aliphatic rings. The van der Waals surface area contributed by atoms with Gasteiger partial charge in [0.05, 0.1) is 20.2 Å². The molecule has 0 fully saturated rings. The molecule has 0 bridgehead atoms. The number of halogens is 1. The Morgan fingerprint density at radius 2 is 2.07 bits per heavy atom. The van der Waals surface area contributed by atoms with Gasteiger partial charge in [0.1, 0.15) is 18.5 Å². The first-order valence-electron chi connectivity index (χ1n) is 8.71. The minimum Gasteiger partial charge on any atom is -0.496 e. The number of methoxy groups -OCH3 is 1. The van der Waals surface area contributed by atoms with Crippen molar-refractivity contribution in [2.24, 2.45) is 0 Å². The second-order valence-corrected chi connectivity index (χ2v) is 7.35. The van der Waals surface area contributed by atoms with Gasteiger partial charge in [-0.15, -0.1) is 0 Å². The molecule has 3 rings (SSSR count). The summed E-state index contributed by atoms with van der Waals surface area (Å²) in [5.41, 5.74) is 1.02. The van der Waals surface area contributed by atoms with Crippen molar-refractivity contribution in [3.05, 3.63) is 52.5 Å². The van der Waals surface area contributed by atoms with Gasteiger partial charge in [-0.25, -0.2) is 0 Å². The number of rotatable bonds is 7. The van der Waals surface area contributed by atoms with Crippen molar-refractivity contribution in [2.75, 3.05) is 33.9 Å². The van der Waals surface area contributed by atoms with Crippen LogP contribution in [0.25, 0.3) is 0 Å². The first-order chi connectivity index (χ1) is 13.0. The van der Waals surface area contributed by atoms with Crippen LogP contribution in [0.15, 0.2) is 46.9 Å². The number of carbonyl (C=O) groups excluding carboxylic acids is 1. The number of para-hydroxylation sites is 2. The van der Waals surface area contributed by atoms with Crippen LogP contribution in [0, 0.1) is 0 Å². The molecular formula is C20H23BrN2O4. The minimum atomic E-state index is -0.195. The second kappa shape index (κ2) is 9.10. The van der Waals surface area contributed by atoms with Crippen LogP contribution in [0.5, 0.6) is 17.2 Å². The minimum absolute atomic E-state index is 0.0612. The second-order valence-electron chi connectivity index (χ2n) is 6.43. The van der Waals surface area contributed by atoms with E-state index in [0.29, 0.717) is 25.4 Å². The fourth-order valence-corrected chi connectivity index (χ4v) is 3.32. The van der Waals surface area contributed by atoms with E-state index in [1.165, 1.54) is 0 Å². The van der Waals surface area contributed by atoms with E-state index in [1.54, 1.807) is 7.11 Å². The summed E-state index contributed by atoms with van der Waals surface area (Å²) in [6, 6.07) is 13.4. The number of fused-ring (bicyclic) bond motifs is 1. The molecule has 0 saturated carbocycles. The molecule has 0 aromatic heterocycles. The van der Waals surface area contributed by atoms with Crippen LogP contribution in [-0.4, -0.2) is 50.8 Å². The average molecular weight is 435 g/mol. The maximum atomic E-state index is 12.3. The molecule has 7 heteroatoms. The Morgan fingerprint density at radius 1 is 1.30 bits per heavy atom. The van der Waals surface area contributed by atoms with E-state index in [1.807, 2.05) is 54.4 Å². The van der Waals surface area contributed by atoms with Crippen molar-refractivity contribution >= 4 is 21.8 Å². The molecular weight excluding hydrogens is 412 g/mol. The van der Waals surface area contributed by atoms with Crippen molar-refractivity contribution < 1.29 is 19.0 Å². The van der Waals surface area contributed by atoms with Gasteiger partial charge in [0.2, 0.25) is 5.91 Å². The van der Waals surface area contributed by atoms with Gasteiger partial charge in [-0.1, -0.05) is 28.1 Å². The monoisotopic (exact) mass is 434 g/mol. The largest absolute Gasteiger partial charge is 0.496 e. The standard InChI is InChI=1S/C20H23BrN2O4/c1-23(11-14-9-15(21)7-8-17(14)25-2)12-20(24)22-10-16-13-26-18-5-3-4-6-19(18)27-16/h3-9,16H,10-13H2,1-2H3,(H,22,24). The van der Waals surface area contributed by atoms with Crippen molar-refractivity contribution in [1.82, 2.24) is 10.2 Å². The number of ether oxygens (including phenoxy) is 3. The molecule has 1 heterocycles. The van der Waals surface area contributed by atoms with Gasteiger partial charge in [0, 0.05) is 16.6 Å². The average Bonchev–Trinajstić information content (AvgIpc) is 2.66. The van der Waals surface area contributed by atoms with E-state index in [4.69, 9.17) is 14.2 Å². The molecule has 0 spiro atoms. The van der Waals surface area contributed by atoms with Gasteiger partial charge in [-0.2, -0.15) is 0 Å². The van der Waals surface area contributed by atoms with Crippen molar-refractivity contribution in [3.63, 3.8) is 0 Å². The number of likely N-dealkylation sites (N-methyl/N-ethyl adjacent to an activating group) is 1. The number of amides is 1. The van der Waals surface area contributed by atoms with E-state index in [-0.39, 0.29) is 18.6 Å². The maximum Gasteiger partial charge on any atom is 0.234 e. The smallest absolute Gasteiger partial charge is 0.234 e. The Labute approximate surface area is 167 Å². The van der Waals surface area contributed by atoms with E-state index < -0.39 is 0 Å². The zero-order valence-electron chi connectivity index (χ0n) is 15.4. The van der Waals surface area contributed by atoms with Crippen molar-refractivity contribution in [3.8, 4) is 17.2 Å². The summed E-state index contributed by atoms with van der Waals surface area (Å²) in [5, 5.41) is 2.91. The fourth-order valence-electron chi connectivity index (χ4n) is 2.91. The van der Waals surface area contributed by atoms with Crippen LogP contribution in [-0.2, 0) is 11.3 Å². The molecule has 1 N–H and O–H groups in total. The predicted octanol–water partition coefficient (Wildman–Crippen LogP) is 2.85. The maximum absolute atomic E-state index is 12.3. The Balaban J connectivity index is 1.46. The highest BCUT2D eigenvalue weighted by atomic mass is 79.9. The summed E-state index contributed by atoms with van der Waals surface area (Å²) >= 11 is 3.47. The fraction of sp³-hybridized carbons (Fsp3) is 0.350. The number of hydrogen-bond donors (Lipinski definition) is 1. The van der Waals surface area contributed by atoms with Crippen LogP contribution in [0.3, 0.4) is 0 Å². The van der Waals surface area contributed by atoms with Crippen LogP contribution in [0.4, 0.5) is 0 Å². The molecule has 1 aliphatic heterocycles. The Morgan fingerprint density at radius 3 is 2.85 bits per heavy atom. The lowest BCUT2D eigenvalue weighted by atomic mass is 10.2. The van der Waals surface area contributed by atoms with Gasteiger partial charge in [0.15, 0.2) is 11.5 Å². The zero-order valence-corrected chi connectivity index (χ0v) is 17.0. The predicted molar refractivity (Wildman–Crippen MR) is 106 cm³/mol. The van der Waals surface area contributed by atoms with Crippen LogP contribution < -0.4 is 19.5 Å². The SMILES string of the molecule is COc1ccc(Br)cc1CN(C)CC(=O)NCC1COc2ccccc2O1. The van der Waals surface area contributed by atoms with Gasteiger partial charge in [-0.05, 0) is 37.4 Å². The summed E-state index contributed by atoms with van der Waals surface area (Å²) < 4.78 is 17.9. The van der Waals surface area contributed by atoms with Gasteiger partial charge in [-0.3, -0.25) is 9.69 Å². The first kappa shape index (κ1) is 19.5. The molecule has 6 nitrogen and oxygen atoms in total. The lowest BCUT2D eigenvalue weighted by Gasteiger charge is -2.26. The molecule has 2 aromatic carbocycles. The number of nitrogens with one attached hydrogen (secondary N) is 1. The quantitative estimate of drug-likeness (QED) is 0.725. The molecule has 0 radical (unpaired) electrons. The molecule has 0 saturated heterocycles. The van der Waals surface area contributed by atoms with E-state index in [2.05, 4.69) is 21.2 Å². The Hall–Kier alpha value is -2.25. The van der Waals surface area contributed by atoms with Crippen LogP contribution >= 0.6 is 15.9 Å². The summed E-state index contributed by atoms with van der Waals surface area (Å²) in [7, 11) is 3.54. The molecule has 0 aliphatic carbocycles. The third-order valence-electron chi connectivity index (χ3n) is 4.19. The molecule has 2 aromatic rings. The van der Waals surface area contributed by atoms with E-state index >= 15 is 0 Å².